The molecule has 0 amide bonds. The topological polar surface area (TPSA) is 55.0 Å². The third-order valence-electron chi connectivity index (χ3n) is 0.982. The number of esters is 1. The van der Waals surface area contributed by atoms with Crippen LogP contribution in [0.1, 0.15) is 12.6 Å². The van der Waals surface area contributed by atoms with Crippen molar-refractivity contribution in [1.29, 1.82) is 0 Å². The van der Waals surface area contributed by atoms with Gasteiger partial charge in [0.15, 0.2) is 0 Å². The molecule has 4 nitrogen and oxygen atoms in total. The van der Waals surface area contributed by atoms with E-state index < -0.39 is 0 Å². The fraction of sp³-hybridized carbons (Fsp3) is 0.333. The zero-order valence-corrected chi connectivity index (χ0v) is 5.63. The van der Waals surface area contributed by atoms with Gasteiger partial charge in [-0.25, -0.2) is 0 Å². The van der Waals surface area contributed by atoms with Gasteiger partial charge in [0.25, 0.3) is 0 Å². The van der Waals surface area contributed by atoms with Gasteiger partial charge in [-0.3, -0.25) is 9.89 Å². The van der Waals surface area contributed by atoms with Gasteiger partial charge in [-0.05, 0) is 6.07 Å². The monoisotopic (exact) mass is 140 g/mol. The first-order valence-electron chi connectivity index (χ1n) is 2.91. The van der Waals surface area contributed by atoms with Crippen LogP contribution in [0, 0.1) is 0 Å². The predicted octanol–water partition coefficient (Wildman–Crippen LogP) is 0.473. The SMILES string of the molecule is CC(=O)OCc1cc[nH]n1. The van der Waals surface area contributed by atoms with Crippen molar-refractivity contribution >= 4 is 5.97 Å². The minimum absolute atomic E-state index is 0.249. The highest BCUT2D eigenvalue weighted by atomic mass is 16.5. The summed E-state index contributed by atoms with van der Waals surface area (Å²) in [6.45, 7) is 1.62. The lowest BCUT2D eigenvalue weighted by atomic mass is 10.5. The summed E-state index contributed by atoms with van der Waals surface area (Å²) < 4.78 is 4.66. The first kappa shape index (κ1) is 6.80. The lowest BCUT2D eigenvalue weighted by Gasteiger charge is -1.95. The second-order valence-corrected chi connectivity index (χ2v) is 1.85. The molecule has 0 saturated carbocycles. The van der Waals surface area contributed by atoms with Crippen molar-refractivity contribution in [2.24, 2.45) is 0 Å². The summed E-state index contributed by atoms with van der Waals surface area (Å²) in [6, 6.07) is 1.75. The van der Waals surface area contributed by atoms with E-state index in [0.29, 0.717) is 0 Å². The summed E-state index contributed by atoms with van der Waals surface area (Å²) in [6.07, 6.45) is 1.68. The molecule has 1 heterocycles. The Bertz CT molecular complexity index is 206. The molecule has 1 aromatic rings. The van der Waals surface area contributed by atoms with Gasteiger partial charge in [0.1, 0.15) is 6.61 Å². The Morgan fingerprint density at radius 3 is 3.20 bits per heavy atom. The highest BCUT2D eigenvalue weighted by Crippen LogP contribution is 1.93. The molecule has 1 N–H and O–H groups in total. The van der Waals surface area contributed by atoms with Crippen LogP contribution in [0.5, 0.6) is 0 Å². The average Bonchev–Trinajstić information content (AvgIpc) is 2.34. The van der Waals surface area contributed by atoms with Crippen molar-refractivity contribution in [1.82, 2.24) is 10.2 Å². The number of hydrogen-bond donors (Lipinski definition) is 1. The van der Waals surface area contributed by atoms with Crippen LogP contribution in [0.4, 0.5) is 0 Å². The fourth-order valence-electron chi connectivity index (χ4n) is 0.547. The number of hydrogen-bond acceptors (Lipinski definition) is 3. The first-order chi connectivity index (χ1) is 4.79. The number of H-pyrrole nitrogens is 1. The van der Waals surface area contributed by atoms with Crippen LogP contribution in [0.25, 0.3) is 0 Å². The highest BCUT2D eigenvalue weighted by Gasteiger charge is 1.95. The van der Waals surface area contributed by atoms with Crippen LogP contribution < -0.4 is 0 Å². The summed E-state index contributed by atoms with van der Waals surface area (Å²) in [5.74, 6) is -0.289. The molecule has 0 unspecified atom stereocenters. The van der Waals surface area contributed by atoms with E-state index in [4.69, 9.17) is 0 Å². The highest BCUT2D eigenvalue weighted by molar-refractivity contribution is 5.65. The Hall–Kier alpha value is -1.32. The van der Waals surface area contributed by atoms with E-state index in [1.165, 1.54) is 6.92 Å². The van der Waals surface area contributed by atoms with E-state index in [1.54, 1.807) is 12.3 Å². The zero-order chi connectivity index (χ0) is 7.40. The summed E-state index contributed by atoms with van der Waals surface area (Å²) in [7, 11) is 0. The number of ether oxygens (including phenoxy) is 1. The quantitative estimate of drug-likeness (QED) is 0.607. The first-order valence-corrected chi connectivity index (χ1v) is 2.91. The standard InChI is InChI=1S/C6H8N2O2/c1-5(9)10-4-6-2-3-7-8-6/h2-3H,4H2,1H3,(H,7,8). The lowest BCUT2D eigenvalue weighted by Crippen LogP contribution is -1.98. The molecule has 0 radical (unpaired) electrons. The van der Waals surface area contributed by atoms with Crippen molar-refractivity contribution in [2.75, 3.05) is 0 Å². The normalized spacial score (nSPS) is 9.30. The molecule has 1 aromatic heterocycles. The molecule has 0 atom stereocenters. The second kappa shape index (κ2) is 3.00. The molecule has 0 aliphatic carbocycles. The Morgan fingerprint density at radius 1 is 1.90 bits per heavy atom. The Kier molecular flexibility index (Phi) is 2.04. The molecule has 10 heavy (non-hydrogen) atoms. The molecule has 0 bridgehead atoms. The van der Waals surface area contributed by atoms with Gasteiger partial charge in [0, 0.05) is 13.1 Å². The van der Waals surface area contributed by atoms with Crippen LogP contribution in [-0.4, -0.2) is 16.2 Å². The number of carbonyl (C=O) groups is 1. The maximum atomic E-state index is 10.3. The second-order valence-electron chi connectivity index (χ2n) is 1.85. The van der Waals surface area contributed by atoms with E-state index >= 15 is 0 Å². The molecule has 0 aliphatic rings. The molecule has 0 spiro atoms. The average molecular weight is 140 g/mol. The van der Waals surface area contributed by atoms with Crippen LogP contribution in [-0.2, 0) is 16.1 Å². The van der Waals surface area contributed by atoms with E-state index in [0.717, 1.165) is 5.69 Å². The molecular weight excluding hydrogens is 132 g/mol. The molecule has 0 fully saturated rings. The number of nitrogens with one attached hydrogen (secondary N) is 1. The van der Waals surface area contributed by atoms with Crippen molar-refractivity contribution in [3.63, 3.8) is 0 Å². The van der Waals surface area contributed by atoms with Crippen LogP contribution in [0.3, 0.4) is 0 Å². The van der Waals surface area contributed by atoms with Gasteiger partial charge in [-0.2, -0.15) is 5.10 Å². The molecule has 0 aliphatic heterocycles. The van der Waals surface area contributed by atoms with Crippen molar-refractivity contribution in [2.45, 2.75) is 13.5 Å². The van der Waals surface area contributed by atoms with Gasteiger partial charge in [-0.1, -0.05) is 0 Å². The van der Waals surface area contributed by atoms with E-state index in [1.807, 2.05) is 0 Å². The van der Waals surface area contributed by atoms with Crippen molar-refractivity contribution in [3.05, 3.63) is 18.0 Å². The summed E-state index contributed by atoms with van der Waals surface area (Å²) in [4.78, 5) is 10.3. The van der Waals surface area contributed by atoms with Crippen LogP contribution in [0.15, 0.2) is 12.3 Å². The van der Waals surface area contributed by atoms with Gasteiger partial charge >= 0.3 is 5.97 Å². The molecule has 54 valence electrons. The minimum atomic E-state index is -0.289. The van der Waals surface area contributed by atoms with Gasteiger partial charge in [0.05, 0.1) is 5.69 Å². The number of carbonyl (C=O) groups excluding carboxylic acids is 1. The maximum Gasteiger partial charge on any atom is 0.303 e. The van der Waals surface area contributed by atoms with Crippen LogP contribution >= 0.6 is 0 Å². The minimum Gasteiger partial charge on any atom is -0.459 e. The third kappa shape index (κ3) is 1.89. The number of rotatable bonds is 2. The maximum absolute atomic E-state index is 10.3. The smallest absolute Gasteiger partial charge is 0.303 e. The molecule has 0 saturated heterocycles. The molecular formula is C6H8N2O2. The summed E-state index contributed by atoms with van der Waals surface area (Å²) in [5.41, 5.74) is 0.732. The number of aromatic amines is 1. The van der Waals surface area contributed by atoms with E-state index in [-0.39, 0.29) is 12.6 Å². The number of nitrogens with zero attached hydrogens (tertiary/aromatic N) is 1. The molecule has 4 heteroatoms. The summed E-state index contributed by atoms with van der Waals surface area (Å²) >= 11 is 0. The van der Waals surface area contributed by atoms with Crippen molar-refractivity contribution in [3.8, 4) is 0 Å². The van der Waals surface area contributed by atoms with E-state index in [2.05, 4.69) is 14.9 Å². The lowest BCUT2D eigenvalue weighted by molar-refractivity contribution is -0.142. The molecule has 0 aromatic carbocycles. The Labute approximate surface area is 58.2 Å². The largest absolute Gasteiger partial charge is 0.459 e. The van der Waals surface area contributed by atoms with Crippen molar-refractivity contribution < 1.29 is 9.53 Å². The Balaban J connectivity index is 2.35. The van der Waals surface area contributed by atoms with Crippen LogP contribution in [0.2, 0.25) is 0 Å². The van der Waals surface area contributed by atoms with Gasteiger partial charge in [-0.15, -0.1) is 0 Å². The fourth-order valence-corrected chi connectivity index (χ4v) is 0.547. The number of aromatic nitrogens is 2. The molecule has 1 rings (SSSR count). The van der Waals surface area contributed by atoms with E-state index in [9.17, 15) is 4.79 Å². The van der Waals surface area contributed by atoms with Gasteiger partial charge in [0.2, 0.25) is 0 Å². The third-order valence-corrected chi connectivity index (χ3v) is 0.982. The Morgan fingerprint density at radius 2 is 2.70 bits per heavy atom. The predicted molar refractivity (Wildman–Crippen MR) is 34.1 cm³/mol. The van der Waals surface area contributed by atoms with Gasteiger partial charge < -0.3 is 4.74 Å². The zero-order valence-electron chi connectivity index (χ0n) is 5.63. The summed E-state index contributed by atoms with van der Waals surface area (Å²) in [5, 5.41) is 6.40.